The zero-order valence-corrected chi connectivity index (χ0v) is 21.4. The first-order valence-corrected chi connectivity index (χ1v) is 12.6. The fourth-order valence-corrected chi connectivity index (χ4v) is 4.79. The van der Waals surface area contributed by atoms with Crippen LogP contribution in [0.3, 0.4) is 0 Å². The molecule has 1 aliphatic heterocycles. The van der Waals surface area contributed by atoms with Crippen molar-refractivity contribution in [2.45, 2.75) is 27.3 Å². The summed E-state index contributed by atoms with van der Waals surface area (Å²) in [5, 5.41) is 2.88. The number of benzene rings is 1. The first-order chi connectivity index (χ1) is 17.9. The molecule has 3 aromatic heterocycles. The summed E-state index contributed by atoms with van der Waals surface area (Å²) in [6.07, 6.45) is 6.62. The van der Waals surface area contributed by atoms with Gasteiger partial charge in [0.2, 0.25) is 0 Å². The van der Waals surface area contributed by atoms with Gasteiger partial charge in [-0.25, -0.2) is 4.98 Å². The van der Waals surface area contributed by atoms with Gasteiger partial charge in [0.1, 0.15) is 11.3 Å². The van der Waals surface area contributed by atoms with E-state index in [1.807, 2.05) is 32.2 Å². The molecular weight excluding hydrogens is 466 g/mol. The first kappa shape index (κ1) is 24.7. The van der Waals surface area contributed by atoms with Gasteiger partial charge in [-0.1, -0.05) is 19.1 Å². The van der Waals surface area contributed by atoms with Crippen molar-refractivity contribution in [1.82, 2.24) is 29.7 Å². The highest BCUT2D eigenvalue weighted by molar-refractivity contribution is 6.13. The maximum absolute atomic E-state index is 13.2. The number of fused-ring (bicyclic) bond motifs is 1. The number of aromatic nitrogens is 4. The molecule has 0 aliphatic carbocycles. The molecule has 190 valence electrons. The number of aromatic amines is 1. The lowest BCUT2D eigenvalue weighted by Crippen LogP contribution is -2.45. The number of anilines is 1. The van der Waals surface area contributed by atoms with Crippen molar-refractivity contribution >= 4 is 22.8 Å². The van der Waals surface area contributed by atoms with Crippen molar-refractivity contribution in [3.8, 4) is 11.1 Å². The summed E-state index contributed by atoms with van der Waals surface area (Å²) < 4.78 is 0. The predicted molar refractivity (Wildman–Crippen MR) is 145 cm³/mol. The van der Waals surface area contributed by atoms with Gasteiger partial charge in [0, 0.05) is 63.1 Å². The number of hydrogen-bond acceptors (Lipinski definition) is 7. The van der Waals surface area contributed by atoms with Gasteiger partial charge in [-0.3, -0.25) is 24.5 Å². The van der Waals surface area contributed by atoms with Crippen LogP contribution in [-0.2, 0) is 6.54 Å². The Labute approximate surface area is 215 Å². The van der Waals surface area contributed by atoms with Gasteiger partial charge in [-0.2, -0.15) is 0 Å². The predicted octanol–water partition coefficient (Wildman–Crippen LogP) is 3.39. The Hall–Kier alpha value is -3.95. The van der Waals surface area contributed by atoms with E-state index < -0.39 is 0 Å². The van der Waals surface area contributed by atoms with E-state index in [4.69, 9.17) is 0 Å². The Kier molecular flexibility index (Phi) is 7.07. The van der Waals surface area contributed by atoms with Crippen LogP contribution >= 0.6 is 0 Å². The molecular formula is C28H31N7O2. The number of likely N-dealkylation sites (N-methyl/N-ethyl adjacent to an activating group) is 1. The molecule has 1 aromatic carbocycles. The number of aryl methyl sites for hydroxylation is 1. The Morgan fingerprint density at radius 3 is 2.41 bits per heavy atom. The first-order valence-electron chi connectivity index (χ1n) is 12.6. The topological polar surface area (TPSA) is 107 Å². The number of hydrogen-bond donors (Lipinski definition) is 2. The number of pyridine rings is 2. The third kappa shape index (κ3) is 5.14. The molecule has 1 amide bonds. The largest absolute Gasteiger partial charge is 0.328 e. The Bertz CT molecular complexity index is 1490. The molecule has 2 N–H and O–H groups in total. The number of nitrogens with zero attached hydrogens (tertiary/aromatic N) is 5. The number of nitrogens with one attached hydrogen (secondary N) is 2. The van der Waals surface area contributed by atoms with E-state index in [-0.39, 0.29) is 11.5 Å². The number of carbonyl (C=O) groups is 1. The van der Waals surface area contributed by atoms with Gasteiger partial charge >= 0.3 is 0 Å². The number of H-pyrrole nitrogens is 1. The average Bonchev–Trinajstić information content (AvgIpc) is 2.92. The fraction of sp³-hybridized carbons (Fsp3) is 0.321. The number of carbonyl (C=O) groups excluding carboxylic acids is 1. The minimum Gasteiger partial charge on any atom is -0.328 e. The molecule has 1 fully saturated rings. The lowest BCUT2D eigenvalue weighted by Gasteiger charge is -2.33. The van der Waals surface area contributed by atoms with Crippen LogP contribution in [0.2, 0.25) is 0 Å². The van der Waals surface area contributed by atoms with E-state index in [0.29, 0.717) is 33.5 Å². The molecule has 0 saturated carbocycles. The van der Waals surface area contributed by atoms with Crippen LogP contribution in [0.25, 0.3) is 22.2 Å². The molecule has 0 spiro atoms. The monoisotopic (exact) mass is 497 g/mol. The third-order valence-corrected chi connectivity index (χ3v) is 7.14. The second-order valence-electron chi connectivity index (χ2n) is 9.43. The Balaban J connectivity index is 1.36. The second-order valence-corrected chi connectivity index (χ2v) is 9.43. The summed E-state index contributed by atoms with van der Waals surface area (Å²) in [5.41, 5.74) is 5.21. The van der Waals surface area contributed by atoms with Crippen LogP contribution in [0.1, 0.15) is 34.0 Å². The van der Waals surface area contributed by atoms with Crippen molar-refractivity contribution in [2.24, 2.45) is 0 Å². The molecule has 0 atom stereocenters. The van der Waals surface area contributed by atoms with Gasteiger partial charge < -0.3 is 15.2 Å². The number of piperazine rings is 1. The molecule has 0 unspecified atom stereocenters. The summed E-state index contributed by atoms with van der Waals surface area (Å²) in [6.45, 7) is 12.3. The highest BCUT2D eigenvalue weighted by Gasteiger charge is 2.20. The van der Waals surface area contributed by atoms with Crippen LogP contribution in [0.4, 0.5) is 5.82 Å². The summed E-state index contributed by atoms with van der Waals surface area (Å²) in [6, 6.07) is 7.28. The maximum Gasteiger partial charge on any atom is 0.259 e. The SMILES string of the molecule is CCN1CCN(Cc2ccc(NC(=O)c3ccc(-c4c(C)c(C)c[nH]c4=O)c4nccnc34)nc2)CC1. The summed E-state index contributed by atoms with van der Waals surface area (Å²) in [4.78, 5) is 46.9. The molecule has 1 saturated heterocycles. The van der Waals surface area contributed by atoms with Gasteiger partial charge in [0.15, 0.2) is 0 Å². The van der Waals surface area contributed by atoms with Crippen molar-refractivity contribution in [3.63, 3.8) is 0 Å². The van der Waals surface area contributed by atoms with Crippen LogP contribution in [0.15, 0.2) is 53.8 Å². The van der Waals surface area contributed by atoms with E-state index >= 15 is 0 Å². The zero-order valence-electron chi connectivity index (χ0n) is 21.4. The normalized spacial score (nSPS) is 14.7. The van der Waals surface area contributed by atoms with Crippen molar-refractivity contribution < 1.29 is 4.79 Å². The van der Waals surface area contributed by atoms with E-state index in [1.165, 1.54) is 0 Å². The van der Waals surface area contributed by atoms with Crippen LogP contribution in [-0.4, -0.2) is 68.4 Å². The van der Waals surface area contributed by atoms with Gasteiger partial charge in [-0.05, 0) is 49.2 Å². The van der Waals surface area contributed by atoms with E-state index in [9.17, 15) is 9.59 Å². The lowest BCUT2D eigenvalue weighted by molar-refractivity contribution is 0.102. The Morgan fingerprint density at radius 1 is 0.973 bits per heavy atom. The molecule has 1 aliphatic rings. The molecule has 4 heterocycles. The van der Waals surface area contributed by atoms with Gasteiger partial charge in [0.05, 0.1) is 16.6 Å². The molecule has 0 bridgehead atoms. The minimum atomic E-state index is -0.331. The summed E-state index contributed by atoms with van der Waals surface area (Å²) >= 11 is 0. The Morgan fingerprint density at radius 2 is 1.70 bits per heavy atom. The van der Waals surface area contributed by atoms with Gasteiger partial charge in [-0.15, -0.1) is 0 Å². The van der Waals surface area contributed by atoms with Gasteiger partial charge in [0.25, 0.3) is 11.5 Å². The number of rotatable bonds is 6. The molecule has 37 heavy (non-hydrogen) atoms. The fourth-order valence-electron chi connectivity index (χ4n) is 4.79. The third-order valence-electron chi connectivity index (χ3n) is 7.14. The van der Waals surface area contributed by atoms with Crippen LogP contribution in [0.5, 0.6) is 0 Å². The zero-order chi connectivity index (χ0) is 25.9. The lowest BCUT2D eigenvalue weighted by atomic mass is 9.96. The minimum absolute atomic E-state index is 0.205. The van der Waals surface area contributed by atoms with Crippen molar-refractivity contribution in [1.29, 1.82) is 0 Å². The second kappa shape index (κ2) is 10.6. The highest BCUT2D eigenvalue weighted by atomic mass is 16.1. The average molecular weight is 498 g/mol. The van der Waals surface area contributed by atoms with E-state index in [2.05, 4.69) is 42.0 Å². The van der Waals surface area contributed by atoms with E-state index in [0.717, 1.165) is 56.0 Å². The standard InChI is InChI=1S/C28H31N7O2/c1-4-34-11-13-35(14-12-34)17-20-5-8-23(31-16-20)33-27(36)22-7-6-21(25-26(22)30-10-9-29-25)24-19(3)18(2)15-32-28(24)37/h5-10,15-16H,4,11-14,17H2,1-3H3,(H,32,37)(H,31,33,36). The smallest absolute Gasteiger partial charge is 0.259 e. The molecule has 9 nitrogen and oxygen atoms in total. The van der Waals surface area contributed by atoms with Crippen molar-refractivity contribution in [3.05, 3.63) is 81.7 Å². The van der Waals surface area contributed by atoms with E-state index in [1.54, 1.807) is 30.7 Å². The molecule has 0 radical (unpaired) electrons. The van der Waals surface area contributed by atoms with Crippen LogP contribution in [0, 0.1) is 13.8 Å². The maximum atomic E-state index is 13.2. The summed E-state index contributed by atoms with van der Waals surface area (Å²) in [5.74, 6) is 0.138. The van der Waals surface area contributed by atoms with Crippen LogP contribution < -0.4 is 10.9 Å². The molecule has 5 rings (SSSR count). The summed E-state index contributed by atoms with van der Waals surface area (Å²) in [7, 11) is 0. The van der Waals surface area contributed by atoms with Crippen molar-refractivity contribution in [2.75, 3.05) is 38.0 Å². The quantitative estimate of drug-likeness (QED) is 0.421. The highest BCUT2D eigenvalue weighted by Crippen LogP contribution is 2.29. The molecule has 4 aromatic rings. The molecule has 9 heteroatoms. The number of amides is 1.